The van der Waals surface area contributed by atoms with Gasteiger partial charge in [-0.25, -0.2) is 0 Å². The molecule has 14 heavy (non-hydrogen) atoms. The lowest BCUT2D eigenvalue weighted by Crippen LogP contribution is -2.45. The van der Waals surface area contributed by atoms with E-state index in [1.54, 1.807) is 7.11 Å². The molecule has 2 heteroatoms. The molecule has 0 heterocycles. The minimum absolute atomic E-state index is 0.186. The molecular weight excluding hydrogens is 174 g/mol. The minimum Gasteiger partial charge on any atom is -0.380 e. The number of methoxy groups -OCH3 is 1. The van der Waals surface area contributed by atoms with Crippen LogP contribution in [0.3, 0.4) is 0 Å². The van der Waals surface area contributed by atoms with Crippen LogP contribution < -0.4 is 5.32 Å². The summed E-state index contributed by atoms with van der Waals surface area (Å²) in [5.74, 6) is 0. The maximum absolute atomic E-state index is 5.21. The molecule has 0 radical (unpaired) electrons. The molecule has 1 atom stereocenters. The minimum atomic E-state index is 0.186. The Balaban J connectivity index is 3.95. The second kappa shape index (κ2) is 5.13. The molecule has 0 rings (SSSR count). The first-order chi connectivity index (χ1) is 6.16. The standard InChI is InChI=1S/C12H27NO/c1-10(14-7)8-13-12(5,6)9-11(2,3)4/h10,13H,8-9H2,1-7H3. The molecule has 86 valence electrons. The Morgan fingerprint density at radius 1 is 1.14 bits per heavy atom. The van der Waals surface area contributed by atoms with Crippen LogP contribution in [0.15, 0.2) is 0 Å². The van der Waals surface area contributed by atoms with Gasteiger partial charge in [0, 0.05) is 19.2 Å². The fourth-order valence-corrected chi connectivity index (χ4v) is 1.89. The van der Waals surface area contributed by atoms with Crippen molar-refractivity contribution in [3.05, 3.63) is 0 Å². The predicted octanol–water partition coefficient (Wildman–Crippen LogP) is 2.83. The fourth-order valence-electron chi connectivity index (χ4n) is 1.89. The monoisotopic (exact) mass is 201 g/mol. The van der Waals surface area contributed by atoms with Crippen molar-refractivity contribution in [1.82, 2.24) is 5.32 Å². The quantitative estimate of drug-likeness (QED) is 0.738. The molecule has 0 aromatic heterocycles. The van der Waals surface area contributed by atoms with Gasteiger partial charge in [-0.05, 0) is 32.6 Å². The van der Waals surface area contributed by atoms with Crippen molar-refractivity contribution in [3.63, 3.8) is 0 Å². The summed E-state index contributed by atoms with van der Waals surface area (Å²) in [6.07, 6.45) is 1.45. The number of nitrogens with one attached hydrogen (secondary N) is 1. The number of ether oxygens (including phenoxy) is 1. The van der Waals surface area contributed by atoms with Gasteiger partial charge in [-0.1, -0.05) is 20.8 Å². The second-order valence-corrected chi connectivity index (χ2v) is 6.05. The molecule has 2 nitrogen and oxygen atoms in total. The highest BCUT2D eigenvalue weighted by Crippen LogP contribution is 2.26. The normalized spacial score (nSPS) is 15.6. The van der Waals surface area contributed by atoms with Gasteiger partial charge in [-0.3, -0.25) is 0 Å². The lowest BCUT2D eigenvalue weighted by molar-refractivity contribution is 0.104. The lowest BCUT2D eigenvalue weighted by Gasteiger charge is -2.34. The molecule has 0 saturated carbocycles. The molecule has 0 saturated heterocycles. The molecule has 0 amide bonds. The summed E-state index contributed by atoms with van der Waals surface area (Å²) in [5, 5.41) is 3.54. The molecule has 0 aliphatic carbocycles. The van der Waals surface area contributed by atoms with Gasteiger partial charge in [-0.2, -0.15) is 0 Å². The zero-order valence-corrected chi connectivity index (χ0v) is 10.9. The highest BCUT2D eigenvalue weighted by molar-refractivity contribution is 4.83. The summed E-state index contributed by atoms with van der Waals surface area (Å²) >= 11 is 0. The smallest absolute Gasteiger partial charge is 0.0667 e. The summed E-state index contributed by atoms with van der Waals surface area (Å²) < 4.78 is 5.21. The van der Waals surface area contributed by atoms with Crippen LogP contribution in [0.2, 0.25) is 0 Å². The first-order valence-electron chi connectivity index (χ1n) is 5.44. The van der Waals surface area contributed by atoms with Crippen LogP contribution in [-0.4, -0.2) is 25.3 Å². The van der Waals surface area contributed by atoms with Gasteiger partial charge in [0.2, 0.25) is 0 Å². The summed E-state index contributed by atoms with van der Waals surface area (Å²) in [7, 11) is 1.75. The fraction of sp³-hybridized carbons (Fsp3) is 1.00. The Morgan fingerprint density at radius 3 is 2.00 bits per heavy atom. The number of rotatable bonds is 5. The molecule has 0 bridgehead atoms. The summed E-state index contributed by atoms with van der Waals surface area (Å²) in [6, 6.07) is 0. The maximum atomic E-state index is 5.21. The SMILES string of the molecule is COC(C)CNC(C)(C)CC(C)(C)C. The zero-order valence-electron chi connectivity index (χ0n) is 10.9. The van der Waals surface area contributed by atoms with Crippen LogP contribution in [0.4, 0.5) is 0 Å². The number of hydrogen-bond donors (Lipinski definition) is 1. The van der Waals surface area contributed by atoms with E-state index >= 15 is 0 Å². The Hall–Kier alpha value is -0.0800. The highest BCUT2D eigenvalue weighted by Gasteiger charge is 2.25. The Labute approximate surface area is 89.4 Å². The second-order valence-electron chi connectivity index (χ2n) is 6.05. The van der Waals surface area contributed by atoms with E-state index in [0.29, 0.717) is 5.41 Å². The summed E-state index contributed by atoms with van der Waals surface area (Å²) in [6.45, 7) is 14.3. The van der Waals surface area contributed by atoms with Crippen molar-refractivity contribution in [3.8, 4) is 0 Å². The van der Waals surface area contributed by atoms with Gasteiger partial charge in [0.25, 0.3) is 0 Å². The molecule has 1 N–H and O–H groups in total. The number of hydrogen-bond acceptors (Lipinski definition) is 2. The van der Waals surface area contributed by atoms with Gasteiger partial charge < -0.3 is 10.1 Å². The molecule has 1 unspecified atom stereocenters. The van der Waals surface area contributed by atoms with Crippen LogP contribution in [0.5, 0.6) is 0 Å². The highest BCUT2D eigenvalue weighted by atomic mass is 16.5. The van der Waals surface area contributed by atoms with E-state index in [1.165, 1.54) is 0 Å². The maximum Gasteiger partial charge on any atom is 0.0667 e. The topological polar surface area (TPSA) is 21.3 Å². The van der Waals surface area contributed by atoms with Crippen molar-refractivity contribution in [2.75, 3.05) is 13.7 Å². The third-order valence-electron chi connectivity index (χ3n) is 2.24. The van der Waals surface area contributed by atoms with Crippen LogP contribution in [0, 0.1) is 5.41 Å². The molecule has 0 fully saturated rings. The Kier molecular flexibility index (Phi) is 5.10. The van der Waals surface area contributed by atoms with Gasteiger partial charge in [0.05, 0.1) is 6.10 Å². The summed E-state index contributed by atoms with van der Waals surface area (Å²) in [5.41, 5.74) is 0.553. The van der Waals surface area contributed by atoms with E-state index in [9.17, 15) is 0 Å². The van der Waals surface area contributed by atoms with E-state index in [-0.39, 0.29) is 11.6 Å². The molecule has 0 aromatic carbocycles. The molecule has 0 aliphatic heterocycles. The average Bonchev–Trinajstić information content (AvgIpc) is 1.96. The molecule has 0 aliphatic rings. The van der Waals surface area contributed by atoms with Crippen LogP contribution in [0.25, 0.3) is 0 Å². The predicted molar refractivity (Wildman–Crippen MR) is 62.6 cm³/mol. The van der Waals surface area contributed by atoms with E-state index in [0.717, 1.165) is 13.0 Å². The summed E-state index contributed by atoms with van der Waals surface area (Å²) in [4.78, 5) is 0. The van der Waals surface area contributed by atoms with Crippen LogP contribution in [-0.2, 0) is 4.74 Å². The van der Waals surface area contributed by atoms with Crippen molar-refractivity contribution in [2.24, 2.45) is 5.41 Å². The Bertz CT molecular complexity index is 158. The van der Waals surface area contributed by atoms with Crippen molar-refractivity contribution in [1.29, 1.82) is 0 Å². The van der Waals surface area contributed by atoms with Crippen molar-refractivity contribution >= 4 is 0 Å². The van der Waals surface area contributed by atoms with Crippen molar-refractivity contribution < 1.29 is 4.74 Å². The first-order valence-corrected chi connectivity index (χ1v) is 5.44. The van der Waals surface area contributed by atoms with Gasteiger partial charge in [0.15, 0.2) is 0 Å². The van der Waals surface area contributed by atoms with E-state index in [2.05, 4.69) is 46.9 Å². The molecule has 0 spiro atoms. The van der Waals surface area contributed by atoms with E-state index in [1.807, 2.05) is 0 Å². The first kappa shape index (κ1) is 13.9. The van der Waals surface area contributed by atoms with Crippen LogP contribution in [0.1, 0.15) is 48.0 Å². The van der Waals surface area contributed by atoms with Gasteiger partial charge >= 0.3 is 0 Å². The largest absolute Gasteiger partial charge is 0.380 e. The average molecular weight is 201 g/mol. The molecular formula is C12H27NO. The van der Waals surface area contributed by atoms with Crippen molar-refractivity contribution in [2.45, 2.75) is 59.6 Å². The van der Waals surface area contributed by atoms with Gasteiger partial charge in [0.1, 0.15) is 0 Å². The van der Waals surface area contributed by atoms with Gasteiger partial charge in [-0.15, -0.1) is 0 Å². The van der Waals surface area contributed by atoms with Crippen LogP contribution >= 0.6 is 0 Å². The van der Waals surface area contributed by atoms with E-state index < -0.39 is 0 Å². The third kappa shape index (κ3) is 7.34. The molecule has 0 aromatic rings. The zero-order chi connectivity index (χ0) is 11.4. The Morgan fingerprint density at radius 2 is 1.64 bits per heavy atom. The lowest BCUT2D eigenvalue weighted by atomic mass is 9.82. The third-order valence-corrected chi connectivity index (χ3v) is 2.24. The van der Waals surface area contributed by atoms with E-state index in [4.69, 9.17) is 4.74 Å².